The van der Waals surface area contributed by atoms with Crippen LogP contribution in [-0.4, -0.2) is 33.3 Å². The Labute approximate surface area is 110 Å². The zero-order valence-electron chi connectivity index (χ0n) is 9.93. The van der Waals surface area contributed by atoms with Crippen molar-refractivity contribution in [1.29, 1.82) is 0 Å². The van der Waals surface area contributed by atoms with Gasteiger partial charge in [0.1, 0.15) is 5.82 Å². The molecule has 4 rings (SSSR count). The van der Waals surface area contributed by atoms with Crippen molar-refractivity contribution < 1.29 is 0 Å². The molecule has 18 heavy (non-hydrogen) atoms. The van der Waals surface area contributed by atoms with Gasteiger partial charge in [0.15, 0.2) is 5.65 Å². The van der Waals surface area contributed by atoms with Crippen LogP contribution in [0.4, 0.5) is 5.82 Å². The first-order valence-electron chi connectivity index (χ1n) is 6.43. The quantitative estimate of drug-likeness (QED) is 0.802. The van der Waals surface area contributed by atoms with Gasteiger partial charge >= 0.3 is 0 Å². The fourth-order valence-corrected chi connectivity index (χ4v) is 3.61. The summed E-state index contributed by atoms with van der Waals surface area (Å²) < 4.78 is 0. The van der Waals surface area contributed by atoms with E-state index in [1.54, 1.807) is 6.20 Å². The Kier molecular flexibility index (Phi) is 2.24. The van der Waals surface area contributed by atoms with Crippen LogP contribution in [0.5, 0.6) is 0 Å². The molecule has 2 atom stereocenters. The highest BCUT2D eigenvalue weighted by Crippen LogP contribution is 2.40. The van der Waals surface area contributed by atoms with E-state index in [1.807, 2.05) is 0 Å². The van der Waals surface area contributed by atoms with Gasteiger partial charge in [-0.05, 0) is 36.3 Å². The highest BCUT2D eigenvalue weighted by molar-refractivity contribution is 6.28. The molecule has 0 aromatic carbocycles. The second-order valence-electron chi connectivity index (χ2n) is 5.30. The van der Waals surface area contributed by atoms with Crippen LogP contribution in [0.25, 0.3) is 11.0 Å². The van der Waals surface area contributed by atoms with Crippen LogP contribution >= 0.6 is 11.6 Å². The summed E-state index contributed by atoms with van der Waals surface area (Å²) in [7, 11) is 0. The van der Waals surface area contributed by atoms with Crippen molar-refractivity contribution >= 4 is 28.5 Å². The van der Waals surface area contributed by atoms with Crippen LogP contribution in [0.1, 0.15) is 19.3 Å². The Hall–Kier alpha value is -1.36. The number of hydrogen-bond donors (Lipinski definition) is 1. The van der Waals surface area contributed by atoms with E-state index in [0.29, 0.717) is 5.28 Å². The first-order chi connectivity index (χ1) is 8.81. The van der Waals surface area contributed by atoms with E-state index in [0.717, 1.165) is 41.8 Å². The fraction of sp³-hybridized carbons (Fsp3) is 0.583. The topological polar surface area (TPSA) is 57.7 Å². The van der Waals surface area contributed by atoms with Crippen LogP contribution in [-0.2, 0) is 0 Å². The minimum atomic E-state index is 0.291. The summed E-state index contributed by atoms with van der Waals surface area (Å²) in [6.45, 7) is 2.19. The summed E-state index contributed by atoms with van der Waals surface area (Å²) in [5.41, 5.74) is 0.724. The largest absolute Gasteiger partial charge is 0.355 e. The third-order valence-electron chi connectivity index (χ3n) is 4.29. The maximum absolute atomic E-state index is 5.98. The second-order valence-corrected chi connectivity index (χ2v) is 5.64. The lowest BCUT2D eigenvalue weighted by Crippen LogP contribution is -2.22. The average Bonchev–Trinajstić information content (AvgIpc) is 3.01. The van der Waals surface area contributed by atoms with E-state index in [9.17, 15) is 0 Å². The van der Waals surface area contributed by atoms with Gasteiger partial charge in [-0.3, -0.25) is 5.10 Å². The Balaban J connectivity index is 1.76. The van der Waals surface area contributed by atoms with Crippen molar-refractivity contribution in [2.45, 2.75) is 19.3 Å². The van der Waals surface area contributed by atoms with E-state index < -0.39 is 0 Å². The summed E-state index contributed by atoms with van der Waals surface area (Å²) in [6, 6.07) is 0. The first-order valence-corrected chi connectivity index (χ1v) is 6.80. The first kappa shape index (κ1) is 10.6. The number of fused-ring (bicyclic) bond motifs is 2. The predicted octanol–water partition coefficient (Wildman–Crippen LogP) is 2.24. The molecule has 1 saturated heterocycles. The SMILES string of the molecule is Clc1nc(N2CC3CCCC3C2)c2cn[nH]c2n1. The van der Waals surface area contributed by atoms with Crippen molar-refractivity contribution in [3.8, 4) is 0 Å². The maximum atomic E-state index is 5.98. The fourth-order valence-electron chi connectivity index (χ4n) is 3.44. The minimum absolute atomic E-state index is 0.291. The number of hydrogen-bond acceptors (Lipinski definition) is 4. The third-order valence-corrected chi connectivity index (χ3v) is 4.46. The molecule has 0 amide bonds. The van der Waals surface area contributed by atoms with Crippen LogP contribution in [0, 0.1) is 11.8 Å². The van der Waals surface area contributed by atoms with Crippen LogP contribution in [0.2, 0.25) is 5.28 Å². The molecule has 2 aromatic rings. The lowest BCUT2D eigenvalue weighted by Gasteiger charge is -2.18. The van der Waals surface area contributed by atoms with Crippen molar-refractivity contribution in [2.24, 2.45) is 11.8 Å². The summed E-state index contributed by atoms with van der Waals surface area (Å²) >= 11 is 5.98. The van der Waals surface area contributed by atoms with Gasteiger partial charge in [0.25, 0.3) is 0 Å². The molecule has 2 fully saturated rings. The molecule has 0 radical (unpaired) electrons. The average molecular weight is 264 g/mol. The van der Waals surface area contributed by atoms with Crippen molar-refractivity contribution in [1.82, 2.24) is 20.2 Å². The zero-order valence-corrected chi connectivity index (χ0v) is 10.7. The van der Waals surface area contributed by atoms with Crippen LogP contribution < -0.4 is 4.90 Å². The number of nitrogens with zero attached hydrogens (tertiary/aromatic N) is 4. The van der Waals surface area contributed by atoms with E-state index in [2.05, 4.69) is 25.1 Å². The molecule has 3 heterocycles. The molecule has 6 heteroatoms. The number of aromatic amines is 1. The standard InChI is InChI=1S/C12H14ClN5/c13-12-15-10-9(4-14-17-10)11(16-12)18-5-7-2-1-3-8(7)6-18/h4,7-8H,1-3,5-6H2,(H,14,15,16,17). The molecule has 1 aliphatic heterocycles. The molecule has 2 unspecified atom stereocenters. The van der Waals surface area contributed by atoms with Gasteiger partial charge in [-0.25, -0.2) is 0 Å². The number of nitrogens with one attached hydrogen (secondary N) is 1. The molecular weight excluding hydrogens is 250 g/mol. The number of H-pyrrole nitrogens is 1. The van der Waals surface area contributed by atoms with Crippen molar-refractivity contribution in [3.05, 3.63) is 11.5 Å². The van der Waals surface area contributed by atoms with Crippen LogP contribution in [0.3, 0.4) is 0 Å². The van der Waals surface area contributed by atoms with Gasteiger partial charge in [0.05, 0.1) is 11.6 Å². The Bertz CT molecular complexity index is 583. The molecule has 0 bridgehead atoms. The molecule has 1 aliphatic carbocycles. The normalized spacial score (nSPS) is 27.1. The molecule has 2 aromatic heterocycles. The molecule has 0 spiro atoms. The van der Waals surface area contributed by atoms with Gasteiger partial charge in [-0.2, -0.15) is 15.1 Å². The lowest BCUT2D eigenvalue weighted by molar-refractivity contribution is 0.494. The number of aromatic nitrogens is 4. The Morgan fingerprint density at radius 3 is 2.78 bits per heavy atom. The highest BCUT2D eigenvalue weighted by Gasteiger charge is 2.37. The molecule has 2 aliphatic rings. The monoisotopic (exact) mass is 263 g/mol. The molecule has 5 nitrogen and oxygen atoms in total. The van der Waals surface area contributed by atoms with Gasteiger partial charge in [-0.1, -0.05) is 6.42 Å². The number of anilines is 1. The van der Waals surface area contributed by atoms with Gasteiger partial charge in [-0.15, -0.1) is 0 Å². The predicted molar refractivity (Wildman–Crippen MR) is 69.7 cm³/mol. The third kappa shape index (κ3) is 1.50. The molecular formula is C12H14ClN5. The zero-order chi connectivity index (χ0) is 12.1. The highest BCUT2D eigenvalue weighted by atomic mass is 35.5. The molecule has 1 N–H and O–H groups in total. The van der Waals surface area contributed by atoms with E-state index in [4.69, 9.17) is 11.6 Å². The van der Waals surface area contributed by atoms with E-state index in [-0.39, 0.29) is 0 Å². The van der Waals surface area contributed by atoms with Crippen LogP contribution in [0.15, 0.2) is 6.20 Å². The second kappa shape index (κ2) is 3.82. The summed E-state index contributed by atoms with van der Waals surface area (Å²) in [5, 5.41) is 8.16. The van der Waals surface area contributed by atoms with Crippen molar-refractivity contribution in [3.63, 3.8) is 0 Å². The summed E-state index contributed by atoms with van der Waals surface area (Å²) in [5.74, 6) is 2.61. The van der Waals surface area contributed by atoms with E-state index >= 15 is 0 Å². The lowest BCUT2D eigenvalue weighted by atomic mass is 10.0. The Morgan fingerprint density at radius 2 is 2.00 bits per heavy atom. The summed E-state index contributed by atoms with van der Waals surface area (Å²) in [6.07, 6.45) is 5.88. The van der Waals surface area contributed by atoms with Gasteiger partial charge in [0.2, 0.25) is 5.28 Å². The van der Waals surface area contributed by atoms with E-state index in [1.165, 1.54) is 19.3 Å². The molecule has 94 valence electrons. The smallest absolute Gasteiger partial charge is 0.226 e. The van der Waals surface area contributed by atoms with Gasteiger partial charge < -0.3 is 4.90 Å². The van der Waals surface area contributed by atoms with Gasteiger partial charge in [0, 0.05) is 13.1 Å². The molecule has 1 saturated carbocycles. The number of rotatable bonds is 1. The summed E-state index contributed by atoms with van der Waals surface area (Å²) in [4.78, 5) is 10.9. The van der Waals surface area contributed by atoms with Crippen molar-refractivity contribution in [2.75, 3.05) is 18.0 Å². The Morgan fingerprint density at radius 1 is 1.22 bits per heavy atom. The maximum Gasteiger partial charge on any atom is 0.226 e. The minimum Gasteiger partial charge on any atom is -0.355 e. The number of halogens is 1.